The number of likely N-dealkylation sites (N-methyl/N-ethyl adjacent to an activating group) is 1. The molecule has 0 spiro atoms. The summed E-state index contributed by atoms with van der Waals surface area (Å²) in [7, 11) is 2.25. The minimum atomic E-state index is 0.642. The molecule has 1 aliphatic heterocycles. The Morgan fingerprint density at radius 2 is 1.24 bits per heavy atom. The quantitative estimate of drug-likeness (QED) is 0.417. The molecule has 8 nitrogen and oxygen atoms in total. The zero-order valence-corrected chi connectivity index (χ0v) is 19.4. The lowest BCUT2D eigenvalue weighted by molar-refractivity contribution is -0.927. The lowest BCUT2D eigenvalue weighted by Gasteiger charge is -2.40. The predicted octanol–water partition coefficient (Wildman–Crippen LogP) is 3.87. The Bertz CT molecular complexity index is 1200. The van der Waals surface area contributed by atoms with E-state index in [1.807, 2.05) is 24.3 Å². The molecular weight excluding hydrogens is 416 g/mol. The minimum absolute atomic E-state index is 0.642. The summed E-state index contributed by atoms with van der Waals surface area (Å²) in [5.41, 5.74) is 4.38. The molecule has 1 saturated heterocycles. The van der Waals surface area contributed by atoms with Gasteiger partial charge in [-0.3, -0.25) is 4.90 Å². The van der Waals surface area contributed by atoms with Crippen molar-refractivity contribution < 1.29 is 13.5 Å². The maximum absolute atomic E-state index is 5.57. The Balaban J connectivity index is 1.16. The Labute approximate surface area is 193 Å². The van der Waals surface area contributed by atoms with Crippen molar-refractivity contribution in [1.82, 2.24) is 25.2 Å². The largest absolute Gasteiger partial charge is 0.338 e. The average Bonchev–Trinajstić information content (AvgIpc) is 3.46. The van der Waals surface area contributed by atoms with E-state index >= 15 is 0 Å². The summed E-state index contributed by atoms with van der Waals surface area (Å²) in [4.78, 5) is 11.6. The van der Waals surface area contributed by atoms with E-state index in [0.29, 0.717) is 30.0 Å². The standard InChI is InChI=1S/C25H29N6O2/c1-18-4-8-20(9-5-18)24-26-22(32-28-24)16-30-12-14-31(3,15-13-30)17-23-27-25(29-33-23)21-10-6-19(2)7-11-21/h4-11H,12-17H2,1-3H3/q+1. The van der Waals surface area contributed by atoms with Crippen LogP contribution in [0.25, 0.3) is 22.8 Å². The van der Waals surface area contributed by atoms with Gasteiger partial charge in [0.2, 0.25) is 17.5 Å². The molecule has 0 radical (unpaired) electrons. The third kappa shape index (κ3) is 5.02. The van der Waals surface area contributed by atoms with Crippen LogP contribution in [-0.4, -0.2) is 62.9 Å². The number of quaternary nitrogens is 1. The maximum Gasteiger partial charge on any atom is 0.282 e. The normalized spacial score (nSPS) is 16.2. The summed E-state index contributed by atoms with van der Waals surface area (Å²) >= 11 is 0. The van der Waals surface area contributed by atoms with E-state index in [2.05, 4.69) is 70.3 Å². The monoisotopic (exact) mass is 445 g/mol. The molecule has 3 heterocycles. The van der Waals surface area contributed by atoms with E-state index in [4.69, 9.17) is 9.05 Å². The van der Waals surface area contributed by atoms with Gasteiger partial charge in [-0.05, 0) is 13.8 Å². The molecule has 4 aromatic rings. The first-order valence-electron chi connectivity index (χ1n) is 11.3. The highest BCUT2D eigenvalue weighted by atomic mass is 16.5. The second kappa shape index (κ2) is 8.88. The molecule has 0 aliphatic carbocycles. The molecule has 170 valence electrons. The Kier molecular flexibility index (Phi) is 5.78. The van der Waals surface area contributed by atoms with Crippen LogP contribution in [0.5, 0.6) is 0 Å². The summed E-state index contributed by atoms with van der Waals surface area (Å²) in [6.07, 6.45) is 0. The van der Waals surface area contributed by atoms with E-state index in [1.165, 1.54) is 11.1 Å². The fourth-order valence-electron chi connectivity index (χ4n) is 4.10. The number of hydrogen-bond donors (Lipinski definition) is 0. The van der Waals surface area contributed by atoms with Gasteiger partial charge in [0.15, 0.2) is 6.54 Å². The summed E-state index contributed by atoms with van der Waals surface area (Å²) in [5, 5.41) is 8.34. The summed E-state index contributed by atoms with van der Waals surface area (Å²) in [5.74, 6) is 2.63. The molecule has 2 aromatic heterocycles. The van der Waals surface area contributed by atoms with Crippen LogP contribution in [-0.2, 0) is 13.1 Å². The van der Waals surface area contributed by atoms with Crippen LogP contribution in [0, 0.1) is 13.8 Å². The number of aromatic nitrogens is 4. The van der Waals surface area contributed by atoms with Gasteiger partial charge in [-0.1, -0.05) is 70.0 Å². The van der Waals surface area contributed by atoms with Crippen LogP contribution in [0.4, 0.5) is 0 Å². The SMILES string of the molecule is Cc1ccc(-c2noc(CN3CC[N+](C)(Cc4nc(-c5ccc(C)cc5)no4)CC3)n2)cc1. The van der Waals surface area contributed by atoms with Gasteiger partial charge in [0, 0.05) is 24.2 Å². The van der Waals surface area contributed by atoms with Crippen LogP contribution in [0.15, 0.2) is 57.6 Å². The molecule has 0 saturated carbocycles. The molecular formula is C25H29N6O2+. The van der Waals surface area contributed by atoms with Crippen molar-refractivity contribution in [1.29, 1.82) is 0 Å². The Morgan fingerprint density at radius 1 is 0.758 bits per heavy atom. The molecule has 0 atom stereocenters. The van der Waals surface area contributed by atoms with Crippen molar-refractivity contribution in [3.63, 3.8) is 0 Å². The molecule has 33 heavy (non-hydrogen) atoms. The van der Waals surface area contributed by atoms with Gasteiger partial charge in [-0.15, -0.1) is 0 Å². The van der Waals surface area contributed by atoms with Gasteiger partial charge in [0.1, 0.15) is 0 Å². The Morgan fingerprint density at radius 3 is 1.79 bits per heavy atom. The zero-order valence-electron chi connectivity index (χ0n) is 19.4. The minimum Gasteiger partial charge on any atom is -0.338 e. The second-order valence-electron chi connectivity index (χ2n) is 9.26. The van der Waals surface area contributed by atoms with Gasteiger partial charge in [0.05, 0.1) is 26.7 Å². The first-order chi connectivity index (χ1) is 16.0. The topological polar surface area (TPSA) is 81.1 Å². The molecule has 0 bridgehead atoms. The van der Waals surface area contributed by atoms with Crippen LogP contribution >= 0.6 is 0 Å². The number of nitrogens with zero attached hydrogens (tertiary/aromatic N) is 6. The average molecular weight is 446 g/mol. The van der Waals surface area contributed by atoms with Crippen molar-refractivity contribution in [3.05, 3.63) is 71.4 Å². The lowest BCUT2D eigenvalue weighted by Crippen LogP contribution is -2.56. The highest BCUT2D eigenvalue weighted by Crippen LogP contribution is 2.21. The van der Waals surface area contributed by atoms with Gasteiger partial charge < -0.3 is 13.5 Å². The van der Waals surface area contributed by atoms with Crippen LogP contribution in [0.3, 0.4) is 0 Å². The molecule has 0 amide bonds. The fourth-order valence-corrected chi connectivity index (χ4v) is 4.10. The maximum atomic E-state index is 5.57. The number of rotatable bonds is 6. The van der Waals surface area contributed by atoms with Crippen LogP contribution in [0.1, 0.15) is 22.9 Å². The van der Waals surface area contributed by atoms with E-state index in [0.717, 1.165) is 48.3 Å². The van der Waals surface area contributed by atoms with Crippen molar-refractivity contribution in [2.24, 2.45) is 0 Å². The summed E-state index contributed by atoms with van der Waals surface area (Å²) < 4.78 is 11.9. The molecule has 5 rings (SSSR count). The molecule has 2 aromatic carbocycles. The van der Waals surface area contributed by atoms with Crippen LogP contribution < -0.4 is 0 Å². The number of piperazine rings is 1. The van der Waals surface area contributed by atoms with Crippen molar-refractivity contribution in [2.45, 2.75) is 26.9 Å². The lowest BCUT2D eigenvalue weighted by atomic mass is 10.1. The molecule has 1 aliphatic rings. The predicted molar refractivity (Wildman–Crippen MR) is 124 cm³/mol. The molecule has 8 heteroatoms. The number of benzene rings is 2. The van der Waals surface area contributed by atoms with E-state index < -0.39 is 0 Å². The number of aryl methyl sites for hydroxylation is 2. The van der Waals surface area contributed by atoms with Crippen LogP contribution in [0.2, 0.25) is 0 Å². The van der Waals surface area contributed by atoms with E-state index in [-0.39, 0.29) is 0 Å². The van der Waals surface area contributed by atoms with Gasteiger partial charge in [-0.25, -0.2) is 0 Å². The van der Waals surface area contributed by atoms with E-state index in [9.17, 15) is 0 Å². The smallest absolute Gasteiger partial charge is 0.282 e. The first kappa shape index (κ1) is 21.5. The highest BCUT2D eigenvalue weighted by molar-refractivity contribution is 5.55. The second-order valence-corrected chi connectivity index (χ2v) is 9.26. The first-order valence-corrected chi connectivity index (χ1v) is 11.3. The summed E-state index contributed by atoms with van der Waals surface area (Å²) in [6.45, 7) is 9.38. The Hall–Kier alpha value is -3.36. The highest BCUT2D eigenvalue weighted by Gasteiger charge is 2.31. The third-order valence-corrected chi connectivity index (χ3v) is 6.34. The van der Waals surface area contributed by atoms with E-state index in [1.54, 1.807) is 0 Å². The zero-order chi connectivity index (χ0) is 22.8. The van der Waals surface area contributed by atoms with Crippen molar-refractivity contribution in [2.75, 3.05) is 33.2 Å². The van der Waals surface area contributed by atoms with Gasteiger partial charge in [0.25, 0.3) is 5.89 Å². The van der Waals surface area contributed by atoms with Gasteiger partial charge >= 0.3 is 0 Å². The van der Waals surface area contributed by atoms with Gasteiger partial charge in [-0.2, -0.15) is 9.97 Å². The van der Waals surface area contributed by atoms with Crippen molar-refractivity contribution in [3.8, 4) is 22.8 Å². The third-order valence-electron chi connectivity index (χ3n) is 6.34. The van der Waals surface area contributed by atoms with Crippen molar-refractivity contribution >= 4 is 0 Å². The number of hydrogen-bond acceptors (Lipinski definition) is 7. The summed E-state index contributed by atoms with van der Waals surface area (Å²) in [6, 6.07) is 16.3. The molecule has 1 fully saturated rings. The fraction of sp³-hybridized carbons (Fsp3) is 0.360. The molecule has 0 unspecified atom stereocenters. The molecule has 0 N–H and O–H groups in total.